The first kappa shape index (κ1) is 14.9. The lowest BCUT2D eigenvalue weighted by Crippen LogP contribution is -2.15. The molecule has 0 fully saturated rings. The van der Waals surface area contributed by atoms with Crippen molar-refractivity contribution in [2.75, 3.05) is 26.4 Å². The van der Waals surface area contributed by atoms with Gasteiger partial charge < -0.3 is 9.47 Å². The van der Waals surface area contributed by atoms with E-state index in [0.717, 1.165) is 0 Å². The standard InChI is InChI=1S/C14H17O5P/c1-3-18-20(15,19-4-2)10-7-12-5-6-13-14(11-12)17-9-8-16-13/h5-6,11H,3-4,8-9H2,1-2H3. The number of fused-ring (bicyclic) bond motifs is 1. The van der Waals surface area contributed by atoms with Crippen LogP contribution in [0.5, 0.6) is 11.5 Å². The minimum atomic E-state index is -3.35. The molecule has 0 saturated heterocycles. The Kier molecular flexibility index (Phi) is 5.08. The topological polar surface area (TPSA) is 54.0 Å². The maximum Gasteiger partial charge on any atom is 0.405 e. The number of ether oxygens (including phenoxy) is 2. The average molecular weight is 296 g/mol. The summed E-state index contributed by atoms with van der Waals surface area (Å²) >= 11 is 0. The van der Waals surface area contributed by atoms with E-state index in [1.54, 1.807) is 32.0 Å². The van der Waals surface area contributed by atoms with Crippen molar-refractivity contribution in [1.82, 2.24) is 0 Å². The van der Waals surface area contributed by atoms with Gasteiger partial charge in [-0.15, -0.1) is 0 Å². The zero-order chi connectivity index (χ0) is 14.4. The lowest BCUT2D eigenvalue weighted by molar-refractivity contribution is 0.171. The van der Waals surface area contributed by atoms with E-state index in [0.29, 0.717) is 30.3 Å². The molecule has 0 unspecified atom stereocenters. The summed E-state index contributed by atoms with van der Waals surface area (Å²) in [6, 6.07) is 5.32. The van der Waals surface area contributed by atoms with Crippen molar-refractivity contribution in [3.05, 3.63) is 23.8 Å². The third-order valence-electron chi connectivity index (χ3n) is 2.48. The lowest BCUT2D eigenvalue weighted by Gasteiger charge is -2.18. The quantitative estimate of drug-likeness (QED) is 0.631. The first-order valence-corrected chi connectivity index (χ1v) is 8.03. The van der Waals surface area contributed by atoms with Crippen LogP contribution in [0.1, 0.15) is 19.4 Å². The molecule has 1 heterocycles. The van der Waals surface area contributed by atoms with Gasteiger partial charge in [-0.3, -0.25) is 9.05 Å². The van der Waals surface area contributed by atoms with E-state index >= 15 is 0 Å². The molecule has 0 spiro atoms. The van der Waals surface area contributed by atoms with Crippen LogP contribution < -0.4 is 9.47 Å². The minimum absolute atomic E-state index is 0.285. The Labute approximate surface area is 118 Å². The van der Waals surface area contributed by atoms with Gasteiger partial charge in [0, 0.05) is 11.2 Å². The maximum absolute atomic E-state index is 12.2. The summed E-state index contributed by atoms with van der Waals surface area (Å²) in [4.78, 5) is 0. The zero-order valence-electron chi connectivity index (χ0n) is 11.5. The first-order chi connectivity index (χ1) is 9.67. The van der Waals surface area contributed by atoms with Crippen molar-refractivity contribution in [1.29, 1.82) is 0 Å². The second-order valence-electron chi connectivity index (χ2n) is 3.93. The van der Waals surface area contributed by atoms with Crippen LogP contribution in [0.15, 0.2) is 18.2 Å². The summed E-state index contributed by atoms with van der Waals surface area (Å²) in [5.41, 5.74) is 3.26. The molecule has 0 radical (unpaired) electrons. The Morgan fingerprint density at radius 3 is 2.45 bits per heavy atom. The van der Waals surface area contributed by atoms with Crippen molar-refractivity contribution >= 4 is 7.60 Å². The third-order valence-corrected chi connectivity index (χ3v) is 4.06. The van der Waals surface area contributed by atoms with Crippen LogP contribution in [0.3, 0.4) is 0 Å². The molecule has 5 nitrogen and oxygen atoms in total. The Hall–Kier alpha value is -1.47. The van der Waals surface area contributed by atoms with Gasteiger partial charge >= 0.3 is 7.60 Å². The fourth-order valence-corrected chi connectivity index (χ4v) is 2.85. The van der Waals surface area contributed by atoms with Gasteiger partial charge in [-0.05, 0) is 32.0 Å². The van der Waals surface area contributed by atoms with Gasteiger partial charge in [0.15, 0.2) is 11.5 Å². The smallest absolute Gasteiger partial charge is 0.405 e. The van der Waals surface area contributed by atoms with Crippen LogP contribution in [0.2, 0.25) is 0 Å². The molecule has 2 rings (SSSR count). The zero-order valence-corrected chi connectivity index (χ0v) is 12.4. The summed E-state index contributed by atoms with van der Waals surface area (Å²) in [7, 11) is -3.35. The molecular formula is C14H17O5P. The third kappa shape index (κ3) is 3.77. The largest absolute Gasteiger partial charge is 0.486 e. The van der Waals surface area contributed by atoms with E-state index in [4.69, 9.17) is 18.5 Å². The second kappa shape index (κ2) is 6.81. The Balaban J connectivity index is 2.21. The molecule has 0 aromatic heterocycles. The molecule has 0 atom stereocenters. The molecule has 108 valence electrons. The van der Waals surface area contributed by atoms with Crippen molar-refractivity contribution < 1.29 is 23.1 Å². The van der Waals surface area contributed by atoms with E-state index in [-0.39, 0.29) is 13.2 Å². The maximum atomic E-state index is 12.2. The summed E-state index contributed by atoms with van der Waals surface area (Å²) < 4.78 is 33.3. The molecule has 1 aromatic rings. The molecule has 6 heteroatoms. The van der Waals surface area contributed by atoms with Gasteiger partial charge in [-0.2, -0.15) is 0 Å². The molecule has 1 aliphatic heterocycles. The number of hydrogen-bond donors (Lipinski definition) is 0. The molecule has 20 heavy (non-hydrogen) atoms. The monoisotopic (exact) mass is 296 g/mol. The normalized spacial score (nSPS) is 13.5. The predicted molar refractivity (Wildman–Crippen MR) is 75.2 cm³/mol. The van der Waals surface area contributed by atoms with Crippen LogP contribution in [0, 0.1) is 11.6 Å². The van der Waals surface area contributed by atoms with Gasteiger partial charge in [-0.25, -0.2) is 4.57 Å². The second-order valence-corrected chi connectivity index (χ2v) is 5.66. The molecule has 1 aliphatic rings. The van der Waals surface area contributed by atoms with Crippen molar-refractivity contribution in [3.63, 3.8) is 0 Å². The summed E-state index contributed by atoms with van der Waals surface area (Å²) in [5, 5.41) is 0. The predicted octanol–water partition coefficient (Wildman–Crippen LogP) is 3.03. The first-order valence-electron chi connectivity index (χ1n) is 6.49. The highest BCUT2D eigenvalue weighted by Crippen LogP contribution is 2.46. The average Bonchev–Trinajstić information content (AvgIpc) is 2.46. The van der Waals surface area contributed by atoms with E-state index in [1.807, 2.05) is 0 Å². The molecule has 0 saturated carbocycles. The summed E-state index contributed by atoms with van der Waals surface area (Å²) in [6.07, 6.45) is 0. The van der Waals surface area contributed by atoms with E-state index in [1.165, 1.54) is 0 Å². The Bertz CT molecular complexity index is 563. The van der Waals surface area contributed by atoms with E-state index in [2.05, 4.69) is 11.6 Å². The molecule has 1 aromatic carbocycles. The fraction of sp³-hybridized carbons (Fsp3) is 0.429. The SMILES string of the molecule is CCOP(=O)(C#Cc1ccc2c(c1)OCCO2)OCC. The molecule has 0 N–H and O–H groups in total. The highest BCUT2D eigenvalue weighted by atomic mass is 31.2. The van der Waals surface area contributed by atoms with Gasteiger partial charge in [0.1, 0.15) is 13.2 Å². The molecular weight excluding hydrogens is 279 g/mol. The van der Waals surface area contributed by atoms with Crippen LogP contribution in [-0.2, 0) is 13.6 Å². The number of benzene rings is 1. The fourth-order valence-electron chi connectivity index (χ4n) is 1.70. The van der Waals surface area contributed by atoms with E-state index < -0.39 is 7.60 Å². The van der Waals surface area contributed by atoms with Gasteiger partial charge in [0.25, 0.3) is 0 Å². The summed E-state index contributed by atoms with van der Waals surface area (Å²) in [6.45, 7) is 5.12. The molecule has 0 amide bonds. The number of hydrogen-bond acceptors (Lipinski definition) is 5. The Morgan fingerprint density at radius 1 is 1.15 bits per heavy atom. The van der Waals surface area contributed by atoms with Crippen LogP contribution >= 0.6 is 7.60 Å². The van der Waals surface area contributed by atoms with Gasteiger partial charge in [0.2, 0.25) is 0 Å². The van der Waals surface area contributed by atoms with Crippen molar-refractivity contribution in [2.45, 2.75) is 13.8 Å². The lowest BCUT2D eigenvalue weighted by atomic mass is 10.2. The van der Waals surface area contributed by atoms with E-state index in [9.17, 15) is 4.57 Å². The summed E-state index contributed by atoms with van der Waals surface area (Å²) in [5.74, 6) is 4.14. The van der Waals surface area contributed by atoms with Crippen molar-refractivity contribution in [2.24, 2.45) is 0 Å². The van der Waals surface area contributed by atoms with Crippen LogP contribution in [-0.4, -0.2) is 26.4 Å². The molecule has 0 bridgehead atoms. The Morgan fingerprint density at radius 2 is 1.80 bits per heavy atom. The highest BCUT2D eigenvalue weighted by molar-refractivity contribution is 7.59. The van der Waals surface area contributed by atoms with Gasteiger partial charge in [0.05, 0.1) is 13.2 Å². The highest BCUT2D eigenvalue weighted by Gasteiger charge is 2.20. The van der Waals surface area contributed by atoms with Crippen molar-refractivity contribution in [3.8, 4) is 23.1 Å². The van der Waals surface area contributed by atoms with Crippen LogP contribution in [0.25, 0.3) is 0 Å². The molecule has 0 aliphatic carbocycles. The number of rotatable bonds is 4. The van der Waals surface area contributed by atoms with Gasteiger partial charge in [-0.1, -0.05) is 5.92 Å². The minimum Gasteiger partial charge on any atom is -0.486 e. The van der Waals surface area contributed by atoms with Crippen LogP contribution in [0.4, 0.5) is 0 Å².